The van der Waals surface area contributed by atoms with E-state index in [2.05, 4.69) is 0 Å². The molecule has 0 spiro atoms. The second-order valence-electron chi connectivity index (χ2n) is 3.81. The predicted molar refractivity (Wildman–Crippen MR) is 59.9 cm³/mol. The Hall–Kier alpha value is -0.460. The number of carbonyl (C=O) groups excluding carboxylic acids is 1. The van der Waals surface area contributed by atoms with Crippen LogP contribution in [0.5, 0.6) is 0 Å². The summed E-state index contributed by atoms with van der Waals surface area (Å²) in [5.41, 5.74) is 5.46. The van der Waals surface area contributed by atoms with E-state index in [0.29, 0.717) is 26.2 Å². The highest BCUT2D eigenvalue weighted by atomic mass is 35.5. The van der Waals surface area contributed by atoms with Crippen LogP contribution < -0.4 is 5.73 Å². The number of rotatable bonds is 3. The molecule has 0 saturated carbocycles. The van der Waals surface area contributed by atoms with Gasteiger partial charge in [0, 0.05) is 26.2 Å². The van der Waals surface area contributed by atoms with Crippen molar-refractivity contribution in [1.29, 1.82) is 0 Å². The number of nitrogens with two attached hydrogens (primary N) is 1. The fourth-order valence-corrected chi connectivity index (χ4v) is 1.63. The van der Waals surface area contributed by atoms with Gasteiger partial charge in [-0.25, -0.2) is 8.78 Å². The minimum Gasteiger partial charge on any atom is -0.339 e. The Balaban J connectivity index is 0.00000225. The Morgan fingerprint density at radius 3 is 2.19 bits per heavy atom. The van der Waals surface area contributed by atoms with Gasteiger partial charge in [0.05, 0.1) is 12.6 Å². The minimum absolute atomic E-state index is 0. The number of hydrogen-bond acceptors (Lipinski definition) is 3. The summed E-state index contributed by atoms with van der Waals surface area (Å²) in [4.78, 5) is 14.8. The molecule has 0 aliphatic carbocycles. The average molecular weight is 258 g/mol. The molecule has 1 atom stereocenters. The molecule has 1 unspecified atom stereocenters. The third kappa shape index (κ3) is 4.59. The van der Waals surface area contributed by atoms with Gasteiger partial charge in [-0.3, -0.25) is 9.69 Å². The zero-order chi connectivity index (χ0) is 11.4. The zero-order valence-corrected chi connectivity index (χ0v) is 10.1. The number of halogens is 3. The first-order chi connectivity index (χ1) is 7.00. The standard InChI is InChI=1S/C9H17F2N3O.ClH/c1-7(12)9(15)14-4-2-13(3-5-14)6-8(10)11;/h7-8H,2-6,12H2,1H3;1H. The van der Waals surface area contributed by atoms with Crippen molar-refractivity contribution in [1.82, 2.24) is 9.80 Å². The molecule has 0 aromatic rings. The van der Waals surface area contributed by atoms with Gasteiger partial charge in [0.1, 0.15) is 0 Å². The van der Waals surface area contributed by atoms with Gasteiger partial charge in [0.15, 0.2) is 0 Å². The molecule has 1 amide bonds. The van der Waals surface area contributed by atoms with E-state index in [1.165, 1.54) is 0 Å². The summed E-state index contributed by atoms with van der Waals surface area (Å²) in [7, 11) is 0. The number of hydrogen-bond donors (Lipinski definition) is 1. The minimum atomic E-state index is -2.30. The van der Waals surface area contributed by atoms with Crippen LogP contribution in [-0.2, 0) is 4.79 Å². The SMILES string of the molecule is CC(N)C(=O)N1CCN(CC(F)F)CC1.Cl. The van der Waals surface area contributed by atoms with Crippen molar-refractivity contribution >= 4 is 18.3 Å². The lowest BCUT2D eigenvalue weighted by molar-refractivity contribution is -0.134. The molecule has 1 rings (SSSR count). The van der Waals surface area contributed by atoms with E-state index in [1.54, 1.807) is 16.7 Å². The van der Waals surface area contributed by atoms with E-state index in [-0.39, 0.29) is 24.9 Å². The Labute approximate surface area is 100 Å². The highest BCUT2D eigenvalue weighted by Gasteiger charge is 2.24. The number of carbonyl (C=O) groups is 1. The van der Waals surface area contributed by atoms with Gasteiger partial charge in [0.25, 0.3) is 6.43 Å². The van der Waals surface area contributed by atoms with Crippen molar-refractivity contribution in [2.45, 2.75) is 19.4 Å². The molecule has 7 heteroatoms. The van der Waals surface area contributed by atoms with Crippen LogP contribution in [0.2, 0.25) is 0 Å². The van der Waals surface area contributed by atoms with Gasteiger partial charge in [-0.05, 0) is 6.92 Å². The van der Waals surface area contributed by atoms with E-state index in [1.807, 2.05) is 0 Å². The van der Waals surface area contributed by atoms with E-state index < -0.39 is 12.5 Å². The molecule has 1 fully saturated rings. The second-order valence-corrected chi connectivity index (χ2v) is 3.81. The maximum atomic E-state index is 12.1. The molecular formula is C9H18ClF2N3O. The topological polar surface area (TPSA) is 49.6 Å². The number of amides is 1. The summed E-state index contributed by atoms with van der Waals surface area (Å²) in [6.07, 6.45) is -2.30. The van der Waals surface area contributed by atoms with Gasteiger partial charge in [-0.15, -0.1) is 12.4 Å². The van der Waals surface area contributed by atoms with Crippen molar-refractivity contribution in [3.05, 3.63) is 0 Å². The monoisotopic (exact) mass is 257 g/mol. The van der Waals surface area contributed by atoms with E-state index in [4.69, 9.17) is 5.73 Å². The van der Waals surface area contributed by atoms with Gasteiger partial charge in [-0.2, -0.15) is 0 Å². The molecule has 4 nitrogen and oxygen atoms in total. The summed E-state index contributed by atoms with van der Waals surface area (Å²) in [5.74, 6) is -0.105. The molecule has 0 radical (unpaired) electrons. The molecular weight excluding hydrogens is 240 g/mol. The van der Waals surface area contributed by atoms with Crippen LogP contribution in [-0.4, -0.2) is 60.9 Å². The quantitative estimate of drug-likeness (QED) is 0.784. The van der Waals surface area contributed by atoms with E-state index in [0.717, 1.165) is 0 Å². The molecule has 0 bridgehead atoms. The first kappa shape index (κ1) is 15.5. The summed E-state index contributed by atoms with van der Waals surface area (Å²) in [6.45, 7) is 3.42. The maximum Gasteiger partial charge on any atom is 0.251 e. The molecule has 1 heterocycles. The van der Waals surface area contributed by atoms with Gasteiger partial charge in [-0.1, -0.05) is 0 Å². The summed E-state index contributed by atoms with van der Waals surface area (Å²) in [5, 5.41) is 0. The second kappa shape index (κ2) is 6.98. The molecule has 1 aliphatic heterocycles. The third-order valence-electron chi connectivity index (χ3n) is 2.47. The lowest BCUT2D eigenvalue weighted by Crippen LogP contribution is -2.53. The first-order valence-corrected chi connectivity index (χ1v) is 5.05. The molecule has 2 N–H and O–H groups in total. The molecule has 16 heavy (non-hydrogen) atoms. The van der Waals surface area contributed by atoms with Crippen molar-refractivity contribution in [2.75, 3.05) is 32.7 Å². The number of nitrogens with zero attached hydrogens (tertiary/aromatic N) is 2. The Morgan fingerprint density at radius 1 is 1.31 bits per heavy atom. The summed E-state index contributed by atoms with van der Waals surface area (Å²) < 4.78 is 24.1. The zero-order valence-electron chi connectivity index (χ0n) is 9.23. The highest BCUT2D eigenvalue weighted by Crippen LogP contribution is 2.05. The largest absolute Gasteiger partial charge is 0.339 e. The van der Waals surface area contributed by atoms with Crippen molar-refractivity contribution < 1.29 is 13.6 Å². The van der Waals surface area contributed by atoms with Crippen molar-refractivity contribution in [3.8, 4) is 0 Å². The van der Waals surface area contributed by atoms with Crippen LogP contribution in [0.15, 0.2) is 0 Å². The molecule has 1 saturated heterocycles. The lowest BCUT2D eigenvalue weighted by atomic mass is 10.2. The number of alkyl halides is 2. The molecule has 0 aromatic heterocycles. The predicted octanol–water partition coefficient (Wildman–Crippen LogP) is 0.165. The van der Waals surface area contributed by atoms with Crippen LogP contribution in [0.1, 0.15) is 6.92 Å². The fraction of sp³-hybridized carbons (Fsp3) is 0.889. The first-order valence-electron chi connectivity index (χ1n) is 5.05. The van der Waals surface area contributed by atoms with Crippen molar-refractivity contribution in [2.24, 2.45) is 5.73 Å². The van der Waals surface area contributed by atoms with Crippen molar-refractivity contribution in [3.63, 3.8) is 0 Å². The molecule has 1 aliphatic rings. The Kier molecular flexibility index (Phi) is 6.78. The van der Waals surface area contributed by atoms with Gasteiger partial charge >= 0.3 is 0 Å². The van der Waals surface area contributed by atoms with E-state index in [9.17, 15) is 13.6 Å². The van der Waals surface area contributed by atoms with Crippen LogP contribution in [0, 0.1) is 0 Å². The molecule has 96 valence electrons. The highest BCUT2D eigenvalue weighted by molar-refractivity contribution is 5.85. The average Bonchev–Trinajstić information content (AvgIpc) is 2.17. The lowest BCUT2D eigenvalue weighted by Gasteiger charge is -2.35. The summed E-state index contributed by atoms with van der Waals surface area (Å²) >= 11 is 0. The Morgan fingerprint density at radius 2 is 1.81 bits per heavy atom. The Bertz CT molecular complexity index is 221. The van der Waals surface area contributed by atoms with Crippen LogP contribution in [0.25, 0.3) is 0 Å². The maximum absolute atomic E-state index is 12.1. The smallest absolute Gasteiger partial charge is 0.251 e. The summed E-state index contributed by atoms with van der Waals surface area (Å²) in [6, 6.07) is -0.508. The van der Waals surface area contributed by atoms with Crippen LogP contribution in [0.4, 0.5) is 8.78 Å². The van der Waals surface area contributed by atoms with E-state index >= 15 is 0 Å². The third-order valence-corrected chi connectivity index (χ3v) is 2.47. The normalized spacial score (nSPS) is 19.4. The fourth-order valence-electron chi connectivity index (χ4n) is 1.63. The van der Waals surface area contributed by atoms with Crippen LogP contribution in [0.3, 0.4) is 0 Å². The molecule has 0 aromatic carbocycles. The number of piperazine rings is 1. The van der Waals surface area contributed by atoms with Gasteiger partial charge < -0.3 is 10.6 Å². The van der Waals surface area contributed by atoms with Gasteiger partial charge in [0.2, 0.25) is 5.91 Å². The van der Waals surface area contributed by atoms with Crippen LogP contribution >= 0.6 is 12.4 Å².